The molecule has 1 aromatic heterocycles. The van der Waals surface area contributed by atoms with Crippen molar-refractivity contribution in [3.05, 3.63) is 41.7 Å². The molecule has 1 unspecified atom stereocenters. The van der Waals surface area contributed by atoms with E-state index in [9.17, 15) is 4.21 Å². The fourth-order valence-electron chi connectivity index (χ4n) is 2.79. The Morgan fingerprint density at radius 3 is 2.95 bits per heavy atom. The summed E-state index contributed by atoms with van der Waals surface area (Å²) >= 11 is 0. The van der Waals surface area contributed by atoms with Crippen molar-refractivity contribution < 1.29 is 4.21 Å². The lowest BCUT2D eigenvalue weighted by Crippen LogP contribution is -2.27. The fraction of sp³-hybridized carbons (Fsp3) is 0.438. The first-order valence-corrected chi connectivity index (χ1v) is 8.72. The van der Waals surface area contributed by atoms with Crippen molar-refractivity contribution in [3.8, 4) is 0 Å². The summed E-state index contributed by atoms with van der Waals surface area (Å²) in [5.74, 6) is 0. The Balaban J connectivity index is 1.87. The van der Waals surface area contributed by atoms with E-state index in [-0.39, 0.29) is 6.04 Å². The molecule has 1 atom stereocenters. The largest absolute Gasteiger partial charge is 0.320 e. The second-order valence-corrected chi connectivity index (χ2v) is 7.12. The molecule has 0 radical (unpaired) electrons. The highest BCUT2D eigenvalue weighted by Gasteiger charge is 2.19. The third kappa shape index (κ3) is 2.94. The molecule has 3 rings (SSSR count). The summed E-state index contributed by atoms with van der Waals surface area (Å²) in [6, 6.07) is 6.42. The minimum Gasteiger partial charge on any atom is -0.320 e. The van der Waals surface area contributed by atoms with Crippen molar-refractivity contribution in [2.75, 3.05) is 18.3 Å². The summed E-state index contributed by atoms with van der Waals surface area (Å²) in [4.78, 5) is 6.53. The lowest BCUT2D eigenvalue weighted by atomic mass is 9.99. The van der Waals surface area contributed by atoms with E-state index in [4.69, 9.17) is 0 Å². The zero-order valence-corrected chi connectivity index (χ0v) is 14.1. The molecule has 6 heteroatoms. The zero-order chi connectivity index (χ0) is 15.7. The number of likely N-dealkylation sites (N-methyl/N-ethyl adjacent to an activating group) is 1. The summed E-state index contributed by atoms with van der Waals surface area (Å²) in [6.45, 7) is 6.06. The van der Waals surface area contributed by atoms with E-state index < -0.39 is 11.0 Å². The van der Waals surface area contributed by atoms with Gasteiger partial charge >= 0.3 is 0 Å². The fourth-order valence-corrected chi connectivity index (χ4v) is 3.89. The van der Waals surface area contributed by atoms with E-state index in [1.54, 1.807) is 6.20 Å². The van der Waals surface area contributed by atoms with Gasteiger partial charge in [-0.1, -0.05) is 12.1 Å². The van der Waals surface area contributed by atoms with E-state index in [0.717, 1.165) is 25.2 Å². The van der Waals surface area contributed by atoms with Crippen molar-refractivity contribution in [1.82, 2.24) is 14.5 Å². The SMILES string of the molecule is CC(C)n1ccnc1S(=O)Nc1cccc2c1CN(C)CC2. The van der Waals surface area contributed by atoms with E-state index in [0.29, 0.717) is 5.16 Å². The second kappa shape index (κ2) is 6.22. The highest BCUT2D eigenvalue weighted by molar-refractivity contribution is 7.86. The van der Waals surface area contributed by atoms with Gasteiger partial charge in [0.2, 0.25) is 5.16 Å². The maximum Gasteiger partial charge on any atom is 0.220 e. The van der Waals surface area contributed by atoms with Gasteiger partial charge in [-0.15, -0.1) is 0 Å². The minimum atomic E-state index is -1.36. The van der Waals surface area contributed by atoms with Crippen molar-refractivity contribution in [2.24, 2.45) is 0 Å². The predicted molar refractivity (Wildman–Crippen MR) is 89.1 cm³/mol. The molecule has 2 aromatic rings. The van der Waals surface area contributed by atoms with Gasteiger partial charge < -0.3 is 9.47 Å². The first-order valence-electron chi connectivity index (χ1n) is 7.57. The number of rotatable bonds is 4. The van der Waals surface area contributed by atoms with Crippen LogP contribution >= 0.6 is 0 Å². The smallest absolute Gasteiger partial charge is 0.220 e. The molecule has 118 valence electrons. The minimum absolute atomic E-state index is 0.235. The molecule has 1 aromatic carbocycles. The number of hydrogen-bond donors (Lipinski definition) is 1. The number of aromatic nitrogens is 2. The molecule has 0 saturated carbocycles. The lowest BCUT2D eigenvalue weighted by Gasteiger charge is -2.27. The molecule has 1 aliphatic heterocycles. The third-order valence-corrected chi connectivity index (χ3v) is 5.08. The van der Waals surface area contributed by atoms with E-state index in [2.05, 4.69) is 41.6 Å². The molecule has 0 aliphatic carbocycles. The van der Waals surface area contributed by atoms with Crippen LogP contribution in [0.15, 0.2) is 35.7 Å². The average Bonchev–Trinajstić information content (AvgIpc) is 2.97. The van der Waals surface area contributed by atoms with E-state index in [1.165, 1.54) is 11.1 Å². The number of nitrogens with zero attached hydrogens (tertiary/aromatic N) is 3. The Bertz CT molecular complexity index is 695. The number of imidazole rings is 1. The van der Waals surface area contributed by atoms with E-state index in [1.807, 2.05) is 22.9 Å². The number of nitrogens with one attached hydrogen (secondary N) is 1. The van der Waals surface area contributed by atoms with Gasteiger partial charge in [0.1, 0.15) is 0 Å². The third-order valence-electron chi connectivity index (χ3n) is 4.02. The first-order chi connectivity index (χ1) is 10.6. The van der Waals surface area contributed by atoms with Gasteiger partial charge in [-0.05, 0) is 44.5 Å². The molecule has 5 nitrogen and oxygen atoms in total. The Labute approximate surface area is 133 Å². The monoisotopic (exact) mass is 318 g/mol. The van der Waals surface area contributed by atoms with Crippen molar-refractivity contribution in [1.29, 1.82) is 0 Å². The molecule has 0 fully saturated rings. The van der Waals surface area contributed by atoms with Crippen LogP contribution in [0.3, 0.4) is 0 Å². The van der Waals surface area contributed by atoms with Crippen LogP contribution in [0, 0.1) is 0 Å². The Morgan fingerprint density at radius 1 is 1.36 bits per heavy atom. The lowest BCUT2D eigenvalue weighted by molar-refractivity contribution is 0.313. The number of hydrogen-bond acceptors (Lipinski definition) is 3. The molecule has 0 spiro atoms. The molecule has 2 heterocycles. The first kappa shape index (κ1) is 15.2. The van der Waals surface area contributed by atoms with Crippen LogP contribution < -0.4 is 4.72 Å². The molecule has 1 aliphatic rings. The van der Waals surface area contributed by atoms with Crippen LogP contribution in [-0.2, 0) is 24.0 Å². The van der Waals surface area contributed by atoms with Crippen molar-refractivity contribution in [3.63, 3.8) is 0 Å². The van der Waals surface area contributed by atoms with Crippen LogP contribution in [0.2, 0.25) is 0 Å². The topological polar surface area (TPSA) is 50.2 Å². The van der Waals surface area contributed by atoms with Crippen LogP contribution in [0.25, 0.3) is 0 Å². The zero-order valence-electron chi connectivity index (χ0n) is 13.2. The van der Waals surface area contributed by atoms with Gasteiger partial charge in [0.05, 0.1) is 5.69 Å². The molecule has 1 N–H and O–H groups in total. The summed E-state index contributed by atoms with van der Waals surface area (Å²) in [5, 5.41) is 0.566. The second-order valence-electron chi connectivity index (χ2n) is 6.01. The Kier molecular flexibility index (Phi) is 4.31. The Morgan fingerprint density at radius 2 is 2.18 bits per heavy atom. The average molecular weight is 318 g/mol. The van der Waals surface area contributed by atoms with Crippen LogP contribution in [0.4, 0.5) is 5.69 Å². The molecule has 0 amide bonds. The van der Waals surface area contributed by atoms with Crippen LogP contribution in [0.5, 0.6) is 0 Å². The highest BCUT2D eigenvalue weighted by atomic mass is 32.2. The quantitative estimate of drug-likeness (QED) is 0.942. The van der Waals surface area contributed by atoms with Gasteiger partial charge in [-0.2, -0.15) is 0 Å². The van der Waals surface area contributed by atoms with Crippen molar-refractivity contribution in [2.45, 2.75) is 38.0 Å². The Hall–Kier alpha value is -1.66. The predicted octanol–water partition coefficient (Wildman–Crippen LogP) is 2.59. The number of anilines is 1. The maximum absolute atomic E-state index is 12.7. The van der Waals surface area contributed by atoms with Gasteiger partial charge in [-0.3, -0.25) is 4.72 Å². The van der Waals surface area contributed by atoms with Crippen LogP contribution in [-0.4, -0.2) is 32.3 Å². The normalized spacial score (nSPS) is 16.5. The van der Waals surface area contributed by atoms with Gasteiger partial charge in [0, 0.05) is 31.5 Å². The van der Waals surface area contributed by atoms with Gasteiger partial charge in [-0.25, -0.2) is 9.19 Å². The van der Waals surface area contributed by atoms with Gasteiger partial charge in [0.25, 0.3) is 0 Å². The summed E-state index contributed by atoms with van der Waals surface area (Å²) in [7, 11) is 0.752. The summed E-state index contributed by atoms with van der Waals surface area (Å²) < 4.78 is 17.8. The highest BCUT2D eigenvalue weighted by Crippen LogP contribution is 2.27. The molecular weight excluding hydrogens is 296 g/mol. The standard InChI is InChI=1S/C16H22N4OS/c1-12(2)20-10-8-17-16(20)22(21)18-15-6-4-5-13-7-9-19(3)11-14(13)15/h4-6,8,10,12,18H,7,9,11H2,1-3H3. The van der Waals surface area contributed by atoms with Gasteiger partial charge in [0.15, 0.2) is 11.0 Å². The number of fused-ring (bicyclic) bond motifs is 1. The van der Waals surface area contributed by atoms with E-state index >= 15 is 0 Å². The number of benzene rings is 1. The van der Waals surface area contributed by atoms with Crippen molar-refractivity contribution >= 4 is 16.7 Å². The molecular formula is C16H22N4OS. The molecule has 0 saturated heterocycles. The maximum atomic E-state index is 12.7. The van der Waals surface area contributed by atoms with Crippen LogP contribution in [0.1, 0.15) is 31.0 Å². The summed E-state index contributed by atoms with van der Waals surface area (Å²) in [6.07, 6.45) is 4.60. The molecule has 0 bridgehead atoms. The molecule has 22 heavy (non-hydrogen) atoms. The summed E-state index contributed by atoms with van der Waals surface area (Å²) in [5.41, 5.74) is 3.53.